The molecule has 1 atom stereocenters. The molecule has 258 valence electrons. The number of ether oxygens (including phenoxy) is 1. The van der Waals surface area contributed by atoms with Gasteiger partial charge in [-0.1, -0.05) is 74.3 Å². The Morgan fingerprint density at radius 3 is 2.62 bits per heavy atom. The number of aryl methyl sites for hydroxylation is 1. The smallest absolute Gasteiger partial charge is 0.256 e. The minimum atomic E-state index is -0.916. The largest absolute Gasteiger partial charge is 0.493 e. The number of hydrogen-bond donors (Lipinski definition) is 1. The number of benzene rings is 2. The van der Waals surface area contributed by atoms with Crippen molar-refractivity contribution < 1.29 is 18.7 Å². The Morgan fingerprint density at radius 1 is 1.22 bits per heavy atom. The highest BCUT2D eigenvalue weighted by Gasteiger charge is 2.42. The zero-order valence-electron chi connectivity index (χ0n) is 29.9. The lowest BCUT2D eigenvalue weighted by atomic mass is 9.67. The van der Waals surface area contributed by atoms with Crippen LogP contribution < -0.4 is 10.1 Å². The molecule has 0 saturated carbocycles. The van der Waals surface area contributed by atoms with Crippen LogP contribution in [-0.2, 0) is 16.0 Å². The fourth-order valence-corrected chi connectivity index (χ4v) is 6.92. The third-order valence-electron chi connectivity index (χ3n) is 9.43. The number of amides is 1. The summed E-state index contributed by atoms with van der Waals surface area (Å²) in [6.07, 6.45) is 10.3. The minimum absolute atomic E-state index is 0.0448. The van der Waals surface area contributed by atoms with Gasteiger partial charge in [-0.15, -0.1) is 0 Å². The second kappa shape index (κ2) is 16.2. The molecule has 50 heavy (non-hydrogen) atoms. The predicted octanol–water partition coefficient (Wildman–Crippen LogP) is 9.82. The van der Waals surface area contributed by atoms with Gasteiger partial charge in [0.25, 0.3) is 5.91 Å². The Morgan fingerprint density at radius 2 is 1.96 bits per heavy atom. The van der Waals surface area contributed by atoms with E-state index in [-0.39, 0.29) is 11.7 Å². The predicted molar refractivity (Wildman–Crippen MR) is 204 cm³/mol. The number of allylic oxidation sites excluding steroid dienone is 7. The Kier molecular flexibility index (Phi) is 12.3. The van der Waals surface area contributed by atoms with Crippen LogP contribution in [0.15, 0.2) is 95.8 Å². The number of carbonyl (C=O) groups excluding carboxylic acids is 2. The van der Waals surface area contributed by atoms with Crippen LogP contribution in [0.1, 0.15) is 88.1 Å². The van der Waals surface area contributed by atoms with Gasteiger partial charge in [-0.05, 0) is 118 Å². The lowest BCUT2D eigenvalue weighted by Crippen LogP contribution is -2.39. The third kappa shape index (κ3) is 7.94. The van der Waals surface area contributed by atoms with Crippen molar-refractivity contribution in [1.82, 2.24) is 5.32 Å². The van der Waals surface area contributed by atoms with Gasteiger partial charge in [0.05, 0.1) is 29.9 Å². The number of rotatable bonds is 12. The minimum Gasteiger partial charge on any atom is -0.493 e. The normalized spacial score (nSPS) is 19.2. The van der Waals surface area contributed by atoms with E-state index in [0.717, 1.165) is 40.7 Å². The number of Topliss-reactive ketones (excluding diaryl/α,β-unsaturated/α-hetero) is 1. The molecule has 1 aliphatic heterocycles. The number of nitrogens with one attached hydrogen (secondary N) is 1. The molecule has 0 bridgehead atoms. The van der Waals surface area contributed by atoms with E-state index < -0.39 is 17.2 Å². The summed E-state index contributed by atoms with van der Waals surface area (Å²) in [5, 5.41) is 12.3. The van der Waals surface area contributed by atoms with Crippen molar-refractivity contribution in [3.8, 4) is 11.8 Å². The highest BCUT2D eigenvalue weighted by Crippen LogP contribution is 2.44. The van der Waals surface area contributed by atoms with Crippen molar-refractivity contribution in [1.29, 1.82) is 5.26 Å². The van der Waals surface area contributed by atoms with Crippen molar-refractivity contribution >= 4 is 40.0 Å². The van der Waals surface area contributed by atoms with Crippen LogP contribution in [0.25, 0.3) is 11.3 Å². The molecule has 5 nitrogen and oxygen atoms in total. The molecule has 0 spiro atoms. The molecule has 4 rings (SSSR count). The molecule has 1 N–H and O–H groups in total. The summed E-state index contributed by atoms with van der Waals surface area (Å²) < 4.78 is 21.0. The SMILES string of the molecule is C=C/C(C)=C1C(=O)NC(c2cc(C3=CC(=S)C(CCc4ccc(C#N)c(C)c4F)C(=O)C3(C)C)ccc2OCC)=C=C\C=C/1CC(=C)CCC. The van der Waals surface area contributed by atoms with E-state index in [1.54, 1.807) is 31.2 Å². The van der Waals surface area contributed by atoms with E-state index in [0.29, 0.717) is 70.0 Å². The van der Waals surface area contributed by atoms with Gasteiger partial charge in [-0.2, -0.15) is 5.26 Å². The maximum atomic E-state index is 15.0. The molecule has 2 aromatic rings. The van der Waals surface area contributed by atoms with Gasteiger partial charge in [-0.25, -0.2) is 4.39 Å². The summed E-state index contributed by atoms with van der Waals surface area (Å²) in [4.78, 5) is 28.5. The average molecular weight is 689 g/mol. The van der Waals surface area contributed by atoms with Crippen LogP contribution in [0.3, 0.4) is 0 Å². The van der Waals surface area contributed by atoms with E-state index in [4.69, 9.17) is 17.0 Å². The topological polar surface area (TPSA) is 79.2 Å². The first-order valence-electron chi connectivity index (χ1n) is 17.0. The van der Waals surface area contributed by atoms with Crippen LogP contribution in [0, 0.1) is 35.4 Å². The molecule has 1 heterocycles. The van der Waals surface area contributed by atoms with Crippen molar-refractivity contribution in [3.05, 3.63) is 129 Å². The molecule has 0 radical (unpaired) electrons. The number of nitriles is 1. The number of thiocarbonyl (C=S) groups is 1. The summed E-state index contributed by atoms with van der Waals surface area (Å²) in [6, 6.07) is 10.9. The van der Waals surface area contributed by atoms with E-state index in [1.165, 1.54) is 0 Å². The summed E-state index contributed by atoms with van der Waals surface area (Å²) in [6.45, 7) is 19.7. The zero-order chi connectivity index (χ0) is 36.7. The lowest BCUT2D eigenvalue weighted by Gasteiger charge is -2.36. The van der Waals surface area contributed by atoms with E-state index >= 15 is 4.39 Å². The zero-order valence-corrected chi connectivity index (χ0v) is 30.7. The molecule has 2 aliphatic rings. The molecular formula is C43H45FN2O3S. The number of ketones is 1. The van der Waals surface area contributed by atoms with Crippen LogP contribution in [0.4, 0.5) is 4.39 Å². The van der Waals surface area contributed by atoms with Gasteiger partial charge in [0.15, 0.2) is 5.78 Å². The second-order valence-electron chi connectivity index (χ2n) is 13.3. The number of halogens is 1. The summed E-state index contributed by atoms with van der Waals surface area (Å²) in [7, 11) is 0. The van der Waals surface area contributed by atoms with E-state index in [2.05, 4.69) is 31.1 Å². The third-order valence-corrected chi connectivity index (χ3v) is 9.83. The molecule has 0 saturated heterocycles. The average Bonchev–Trinajstić information content (AvgIpc) is 3.07. The van der Waals surface area contributed by atoms with Crippen LogP contribution >= 0.6 is 12.2 Å². The van der Waals surface area contributed by atoms with Crippen molar-refractivity contribution in [3.63, 3.8) is 0 Å². The Bertz CT molecular complexity index is 1980. The molecule has 1 aliphatic carbocycles. The monoisotopic (exact) mass is 688 g/mol. The van der Waals surface area contributed by atoms with Crippen molar-refractivity contribution in [2.24, 2.45) is 11.3 Å². The maximum absolute atomic E-state index is 15.0. The highest BCUT2D eigenvalue weighted by molar-refractivity contribution is 7.80. The maximum Gasteiger partial charge on any atom is 0.256 e. The van der Waals surface area contributed by atoms with Gasteiger partial charge in [-0.3, -0.25) is 9.59 Å². The van der Waals surface area contributed by atoms with Crippen molar-refractivity contribution in [2.75, 3.05) is 6.61 Å². The molecule has 7 heteroatoms. The second-order valence-corrected chi connectivity index (χ2v) is 13.8. The Hall–Kier alpha value is -4.89. The van der Waals surface area contributed by atoms with Crippen LogP contribution in [0.2, 0.25) is 0 Å². The Balaban J connectivity index is 1.75. The molecule has 0 aromatic heterocycles. The molecular weight excluding hydrogens is 644 g/mol. The fourth-order valence-electron chi connectivity index (χ4n) is 6.57. The summed E-state index contributed by atoms with van der Waals surface area (Å²) in [5.41, 5.74) is 9.12. The number of carbonyl (C=O) groups is 2. The first-order valence-corrected chi connectivity index (χ1v) is 17.4. The number of hydrogen-bond acceptors (Lipinski definition) is 5. The van der Waals surface area contributed by atoms with Crippen molar-refractivity contribution in [2.45, 2.75) is 73.6 Å². The molecule has 1 unspecified atom stereocenters. The summed E-state index contributed by atoms with van der Waals surface area (Å²) in [5.74, 6) is -0.760. The first-order chi connectivity index (χ1) is 23.8. The van der Waals surface area contributed by atoms with Gasteiger partial charge in [0, 0.05) is 27.0 Å². The molecule has 2 aromatic carbocycles. The van der Waals surface area contributed by atoms with Gasteiger partial charge >= 0.3 is 0 Å². The van der Waals surface area contributed by atoms with Gasteiger partial charge in [0.1, 0.15) is 11.6 Å². The van der Waals surface area contributed by atoms with Gasteiger partial charge < -0.3 is 10.1 Å². The van der Waals surface area contributed by atoms with E-state index in [9.17, 15) is 14.9 Å². The fraction of sp³-hybridized carbons (Fsp3) is 0.326. The standard InChI is InChI=1S/C43H45FN2O3S/c1-9-13-26(4)22-31-14-12-15-36(46-42(48)39(31)27(5)10-2)34-23-30(19-21-37(34)49-11-3)35-24-38(50)33(41(47)43(35,7)8)20-18-29-16-17-32(25-45)28(6)40(29)44/h10,12,14,16-17,19,21,23-24,33H,2,4,9,11,13,18,20,22H2,1,3,5-8H3,(H,46,48)/b31-14-,39-27+. The molecule has 0 fully saturated rings. The van der Waals surface area contributed by atoms with Crippen LogP contribution in [-0.4, -0.2) is 23.2 Å². The lowest BCUT2D eigenvalue weighted by molar-refractivity contribution is -0.126. The first kappa shape index (κ1) is 37.9. The summed E-state index contributed by atoms with van der Waals surface area (Å²) >= 11 is 5.81. The molecule has 1 amide bonds. The Labute approximate surface area is 301 Å². The van der Waals surface area contributed by atoms with E-state index in [1.807, 2.05) is 64.1 Å². The van der Waals surface area contributed by atoms with Gasteiger partial charge in [0.2, 0.25) is 0 Å². The highest BCUT2D eigenvalue weighted by atomic mass is 32.1. The number of nitrogens with zero attached hydrogens (tertiary/aromatic N) is 1. The quantitative estimate of drug-likeness (QED) is 0.104. The van der Waals surface area contributed by atoms with Crippen LogP contribution in [0.5, 0.6) is 5.75 Å².